The average molecular weight is 364 g/mol. The van der Waals surface area contributed by atoms with Crippen LogP contribution in [0.3, 0.4) is 0 Å². The Bertz CT molecular complexity index is 765. The summed E-state index contributed by atoms with van der Waals surface area (Å²) in [4.78, 5) is -0.710. The minimum Gasteiger partial charge on any atom is -0.506 e. The molecular weight excluding hydrogens is 356 g/mol. The van der Waals surface area contributed by atoms with Crippen molar-refractivity contribution in [2.24, 2.45) is 0 Å². The van der Waals surface area contributed by atoms with Crippen LogP contribution < -0.4 is 4.72 Å². The lowest BCUT2D eigenvalue weighted by Crippen LogP contribution is -2.14. The number of phenolic OH excluding ortho intramolecular Hbond substituents is 1. The van der Waals surface area contributed by atoms with E-state index in [-0.39, 0.29) is 11.4 Å². The molecule has 0 saturated carbocycles. The van der Waals surface area contributed by atoms with Gasteiger partial charge in [-0.1, -0.05) is 15.9 Å². The molecule has 106 valence electrons. The number of phenols is 1. The molecule has 0 fully saturated rings. The summed E-state index contributed by atoms with van der Waals surface area (Å²) in [5.74, 6) is -2.42. The smallest absolute Gasteiger partial charge is 0.264 e. The second-order valence-electron chi connectivity index (χ2n) is 3.84. The molecule has 4 nitrogen and oxygen atoms in total. The highest BCUT2D eigenvalue weighted by molar-refractivity contribution is 9.10. The maximum atomic E-state index is 13.5. The first-order valence-electron chi connectivity index (χ1n) is 5.26. The molecule has 0 aliphatic rings. The van der Waals surface area contributed by atoms with Crippen LogP contribution in [-0.2, 0) is 10.0 Å². The zero-order chi connectivity index (χ0) is 14.9. The zero-order valence-corrected chi connectivity index (χ0v) is 12.2. The highest BCUT2D eigenvalue weighted by Crippen LogP contribution is 2.29. The van der Waals surface area contributed by atoms with E-state index in [1.807, 2.05) is 4.72 Å². The summed E-state index contributed by atoms with van der Waals surface area (Å²) in [7, 11) is -4.27. The molecular formula is C12H8BrF2NO3S. The number of anilines is 1. The van der Waals surface area contributed by atoms with Gasteiger partial charge in [-0.2, -0.15) is 0 Å². The van der Waals surface area contributed by atoms with Gasteiger partial charge in [0, 0.05) is 10.5 Å². The summed E-state index contributed by atoms with van der Waals surface area (Å²) >= 11 is 3.11. The fourth-order valence-electron chi connectivity index (χ4n) is 1.48. The number of sulfonamides is 1. The first-order chi connectivity index (χ1) is 9.29. The number of rotatable bonds is 3. The van der Waals surface area contributed by atoms with Crippen LogP contribution in [0.1, 0.15) is 0 Å². The fourth-order valence-corrected chi connectivity index (χ4v) is 2.97. The summed E-state index contributed by atoms with van der Waals surface area (Å²) in [5.41, 5.74) is -0.122. The van der Waals surface area contributed by atoms with E-state index in [1.54, 1.807) is 0 Å². The van der Waals surface area contributed by atoms with Gasteiger partial charge >= 0.3 is 0 Å². The molecule has 0 unspecified atom stereocenters. The van der Waals surface area contributed by atoms with Crippen molar-refractivity contribution in [1.82, 2.24) is 0 Å². The summed E-state index contributed by atoms with van der Waals surface area (Å²) < 4.78 is 52.8. The quantitative estimate of drug-likeness (QED) is 0.822. The number of halogens is 3. The number of hydrogen-bond donors (Lipinski definition) is 2. The van der Waals surface area contributed by atoms with E-state index in [0.29, 0.717) is 10.5 Å². The Labute approximate surface area is 122 Å². The van der Waals surface area contributed by atoms with E-state index in [4.69, 9.17) is 0 Å². The highest BCUT2D eigenvalue weighted by Gasteiger charge is 2.21. The second kappa shape index (κ2) is 5.37. The van der Waals surface area contributed by atoms with Gasteiger partial charge in [-0.15, -0.1) is 0 Å². The Morgan fingerprint density at radius 1 is 1.10 bits per heavy atom. The monoisotopic (exact) mass is 363 g/mol. The normalized spacial score (nSPS) is 11.3. The van der Waals surface area contributed by atoms with Crippen molar-refractivity contribution in [3.05, 3.63) is 52.5 Å². The van der Waals surface area contributed by atoms with E-state index in [9.17, 15) is 22.3 Å². The van der Waals surface area contributed by atoms with E-state index in [2.05, 4.69) is 15.9 Å². The molecule has 2 N–H and O–H groups in total. The topological polar surface area (TPSA) is 66.4 Å². The van der Waals surface area contributed by atoms with Crippen LogP contribution in [0.5, 0.6) is 5.75 Å². The third-order valence-electron chi connectivity index (χ3n) is 2.39. The van der Waals surface area contributed by atoms with Crippen molar-refractivity contribution in [3.63, 3.8) is 0 Å². The van der Waals surface area contributed by atoms with E-state index in [0.717, 1.165) is 12.1 Å². The van der Waals surface area contributed by atoms with Crippen molar-refractivity contribution in [3.8, 4) is 5.75 Å². The van der Waals surface area contributed by atoms with Crippen molar-refractivity contribution in [1.29, 1.82) is 0 Å². The molecule has 2 rings (SSSR count). The Morgan fingerprint density at radius 3 is 2.45 bits per heavy atom. The van der Waals surface area contributed by atoms with Crippen LogP contribution in [0.4, 0.5) is 14.5 Å². The van der Waals surface area contributed by atoms with Gasteiger partial charge in [0.25, 0.3) is 10.0 Å². The lowest BCUT2D eigenvalue weighted by atomic mass is 10.3. The van der Waals surface area contributed by atoms with E-state index in [1.165, 1.54) is 18.2 Å². The minimum atomic E-state index is -4.27. The van der Waals surface area contributed by atoms with Gasteiger partial charge in [0.2, 0.25) is 0 Å². The van der Waals surface area contributed by atoms with Gasteiger partial charge in [0.15, 0.2) is 0 Å². The largest absolute Gasteiger partial charge is 0.506 e. The van der Waals surface area contributed by atoms with Crippen molar-refractivity contribution < 1.29 is 22.3 Å². The summed E-state index contributed by atoms with van der Waals surface area (Å²) in [6.07, 6.45) is 0. The SMILES string of the molecule is O=S(=O)(Nc1cc(Br)ccc1O)c1ccc(F)cc1F. The molecule has 0 aliphatic carbocycles. The van der Waals surface area contributed by atoms with E-state index >= 15 is 0 Å². The van der Waals surface area contributed by atoms with Crippen molar-refractivity contribution >= 4 is 31.6 Å². The van der Waals surface area contributed by atoms with Crippen molar-refractivity contribution in [2.45, 2.75) is 4.90 Å². The third kappa shape index (κ3) is 3.07. The summed E-state index contributed by atoms with van der Waals surface area (Å²) in [5, 5.41) is 9.56. The Hall–Kier alpha value is -1.67. The lowest BCUT2D eigenvalue weighted by molar-refractivity contribution is 0.477. The predicted octanol–water partition coefficient (Wildman–Crippen LogP) is 3.23. The molecule has 20 heavy (non-hydrogen) atoms. The molecule has 0 spiro atoms. The first kappa shape index (κ1) is 14.7. The van der Waals surface area contributed by atoms with E-state index < -0.39 is 26.6 Å². The van der Waals surface area contributed by atoms with Gasteiger partial charge < -0.3 is 5.11 Å². The number of nitrogens with one attached hydrogen (secondary N) is 1. The molecule has 0 amide bonds. The molecule has 0 bridgehead atoms. The summed E-state index contributed by atoms with van der Waals surface area (Å²) in [6, 6.07) is 6.19. The van der Waals surface area contributed by atoms with Crippen LogP contribution >= 0.6 is 15.9 Å². The van der Waals surface area contributed by atoms with Gasteiger partial charge in [-0.25, -0.2) is 17.2 Å². The Morgan fingerprint density at radius 2 is 1.80 bits per heavy atom. The molecule has 0 aliphatic heterocycles. The van der Waals surface area contributed by atoms with Gasteiger partial charge in [0.1, 0.15) is 22.3 Å². The third-order valence-corrected chi connectivity index (χ3v) is 4.28. The molecule has 0 saturated heterocycles. The number of aromatic hydroxyl groups is 1. The van der Waals surface area contributed by atoms with Gasteiger partial charge in [-0.3, -0.25) is 4.72 Å². The Balaban J connectivity index is 2.43. The lowest BCUT2D eigenvalue weighted by Gasteiger charge is -2.10. The first-order valence-corrected chi connectivity index (χ1v) is 7.53. The van der Waals surface area contributed by atoms with Gasteiger partial charge in [-0.05, 0) is 30.3 Å². The minimum absolute atomic E-state index is 0.122. The molecule has 0 atom stereocenters. The fraction of sp³-hybridized carbons (Fsp3) is 0. The molecule has 2 aromatic rings. The molecule has 0 radical (unpaired) electrons. The molecule has 0 heterocycles. The molecule has 0 aromatic heterocycles. The second-order valence-corrected chi connectivity index (χ2v) is 6.41. The van der Waals surface area contributed by atoms with Crippen LogP contribution in [0.2, 0.25) is 0 Å². The van der Waals surface area contributed by atoms with Crippen LogP contribution in [-0.4, -0.2) is 13.5 Å². The average Bonchev–Trinajstić information content (AvgIpc) is 2.33. The maximum absolute atomic E-state index is 13.5. The van der Waals surface area contributed by atoms with Crippen LogP contribution in [0.15, 0.2) is 45.8 Å². The van der Waals surface area contributed by atoms with Crippen LogP contribution in [0, 0.1) is 11.6 Å². The van der Waals surface area contributed by atoms with Crippen molar-refractivity contribution in [2.75, 3.05) is 4.72 Å². The highest BCUT2D eigenvalue weighted by atomic mass is 79.9. The number of hydrogen-bond acceptors (Lipinski definition) is 3. The molecule has 8 heteroatoms. The predicted molar refractivity (Wildman–Crippen MR) is 73.0 cm³/mol. The zero-order valence-electron chi connectivity index (χ0n) is 9.77. The van der Waals surface area contributed by atoms with Gasteiger partial charge in [0.05, 0.1) is 5.69 Å². The van der Waals surface area contributed by atoms with Crippen LogP contribution in [0.25, 0.3) is 0 Å². The molecule has 2 aromatic carbocycles. The number of benzene rings is 2. The maximum Gasteiger partial charge on any atom is 0.264 e. The standard InChI is InChI=1S/C12H8BrF2NO3S/c13-7-1-3-11(17)10(5-7)16-20(18,19)12-4-2-8(14)6-9(12)15/h1-6,16-17H. The Kier molecular flexibility index (Phi) is 3.96. The summed E-state index contributed by atoms with van der Waals surface area (Å²) in [6.45, 7) is 0.